The van der Waals surface area contributed by atoms with Gasteiger partial charge in [0.05, 0.1) is 12.1 Å². The van der Waals surface area contributed by atoms with Gasteiger partial charge in [-0.3, -0.25) is 0 Å². The molecule has 142 valence electrons. The van der Waals surface area contributed by atoms with Gasteiger partial charge in [-0.25, -0.2) is 4.79 Å². The summed E-state index contributed by atoms with van der Waals surface area (Å²) < 4.78 is 43.0. The Labute approximate surface area is 158 Å². The number of fused-ring (bicyclic) bond motifs is 1. The molecule has 2 N–H and O–H groups in total. The molecule has 7 heteroatoms. The third-order valence-electron chi connectivity index (χ3n) is 4.39. The minimum atomic E-state index is -4.32. The highest BCUT2D eigenvalue weighted by Crippen LogP contribution is 2.29. The molecule has 3 aromatic rings. The quantitative estimate of drug-likeness (QED) is 0.522. The van der Waals surface area contributed by atoms with Gasteiger partial charge < -0.3 is 9.73 Å². The number of quaternary nitrogens is 1. The summed E-state index contributed by atoms with van der Waals surface area (Å²) in [5.41, 5.74) is 1.90. The van der Waals surface area contributed by atoms with Crippen LogP contribution in [0.3, 0.4) is 0 Å². The Balaban J connectivity index is 1.65. The smallest absolute Gasteiger partial charge is 0.416 e. The maximum atomic E-state index is 12.6. The lowest BCUT2D eigenvalue weighted by atomic mass is 10.1. The van der Waals surface area contributed by atoms with Gasteiger partial charge in [0, 0.05) is 28.5 Å². The van der Waals surface area contributed by atoms with E-state index in [1.165, 1.54) is 18.2 Å². The molecule has 0 aliphatic heterocycles. The number of aryl methyl sites for hydroxylation is 1. The first-order valence-corrected chi connectivity index (χ1v) is 8.82. The SMILES string of the molecule is Cc1cc2oc(=O)cc(C[NH2+]CCc3ccc(C(F)(F)F)cc3)c2cc1Cl. The second-order valence-electron chi connectivity index (χ2n) is 6.41. The third-order valence-corrected chi connectivity index (χ3v) is 4.80. The summed E-state index contributed by atoms with van der Waals surface area (Å²) in [4.78, 5) is 11.8. The first-order chi connectivity index (χ1) is 12.7. The summed E-state index contributed by atoms with van der Waals surface area (Å²) >= 11 is 6.18. The fourth-order valence-corrected chi connectivity index (χ4v) is 3.07. The summed E-state index contributed by atoms with van der Waals surface area (Å²) in [7, 11) is 0. The largest absolute Gasteiger partial charge is 0.423 e. The van der Waals surface area contributed by atoms with Crippen LogP contribution in [0, 0.1) is 6.92 Å². The van der Waals surface area contributed by atoms with Crippen LogP contribution in [-0.2, 0) is 19.1 Å². The fraction of sp³-hybridized carbons (Fsp3) is 0.250. The zero-order valence-electron chi connectivity index (χ0n) is 14.6. The van der Waals surface area contributed by atoms with Gasteiger partial charge in [-0.2, -0.15) is 13.2 Å². The summed E-state index contributed by atoms with van der Waals surface area (Å²) in [5, 5.41) is 3.39. The van der Waals surface area contributed by atoms with Crippen molar-refractivity contribution in [2.75, 3.05) is 6.54 Å². The molecular formula is C20H18ClF3NO2+. The Hall–Kier alpha value is -2.31. The topological polar surface area (TPSA) is 46.8 Å². The molecule has 0 spiro atoms. The normalized spacial score (nSPS) is 11.9. The van der Waals surface area contributed by atoms with E-state index in [-0.39, 0.29) is 0 Å². The third kappa shape index (κ3) is 4.70. The van der Waals surface area contributed by atoms with E-state index >= 15 is 0 Å². The number of hydrogen-bond acceptors (Lipinski definition) is 2. The average Bonchev–Trinajstić information content (AvgIpc) is 2.60. The highest BCUT2D eigenvalue weighted by Gasteiger charge is 2.29. The molecule has 0 radical (unpaired) electrons. The maximum Gasteiger partial charge on any atom is 0.416 e. The van der Waals surface area contributed by atoms with Crippen LogP contribution in [0.15, 0.2) is 51.7 Å². The molecule has 0 amide bonds. The lowest BCUT2D eigenvalue weighted by Crippen LogP contribution is -2.83. The average molecular weight is 397 g/mol. The van der Waals surface area contributed by atoms with Crippen molar-refractivity contribution >= 4 is 22.6 Å². The maximum absolute atomic E-state index is 12.6. The molecule has 0 saturated carbocycles. The van der Waals surface area contributed by atoms with Crippen LogP contribution in [0.1, 0.15) is 22.3 Å². The van der Waals surface area contributed by atoms with Crippen LogP contribution < -0.4 is 10.9 Å². The zero-order valence-corrected chi connectivity index (χ0v) is 15.3. The van der Waals surface area contributed by atoms with Crippen molar-refractivity contribution in [2.24, 2.45) is 0 Å². The molecule has 0 aliphatic rings. The van der Waals surface area contributed by atoms with Crippen molar-refractivity contribution in [1.82, 2.24) is 0 Å². The van der Waals surface area contributed by atoms with Gasteiger partial charge in [0.15, 0.2) is 0 Å². The second kappa shape index (κ2) is 7.74. The number of alkyl halides is 3. The van der Waals surface area contributed by atoms with Crippen molar-refractivity contribution in [2.45, 2.75) is 26.1 Å². The molecular weight excluding hydrogens is 379 g/mol. The molecule has 0 unspecified atom stereocenters. The van der Waals surface area contributed by atoms with E-state index in [9.17, 15) is 18.0 Å². The van der Waals surface area contributed by atoms with Crippen molar-refractivity contribution in [3.8, 4) is 0 Å². The Morgan fingerprint density at radius 2 is 1.81 bits per heavy atom. The van der Waals surface area contributed by atoms with E-state index in [4.69, 9.17) is 16.0 Å². The molecule has 3 rings (SSSR count). The van der Waals surface area contributed by atoms with Gasteiger partial charge in [-0.1, -0.05) is 23.7 Å². The van der Waals surface area contributed by atoms with E-state index in [1.54, 1.807) is 12.1 Å². The van der Waals surface area contributed by atoms with E-state index in [1.807, 2.05) is 12.2 Å². The minimum absolute atomic E-state index is 0.421. The monoisotopic (exact) mass is 396 g/mol. The van der Waals surface area contributed by atoms with Gasteiger partial charge in [0.2, 0.25) is 0 Å². The van der Waals surface area contributed by atoms with Gasteiger partial charge in [0.25, 0.3) is 0 Å². The van der Waals surface area contributed by atoms with Gasteiger partial charge in [-0.05, 0) is 42.3 Å². The number of hydrogen-bond donors (Lipinski definition) is 1. The van der Waals surface area contributed by atoms with Crippen LogP contribution in [0.2, 0.25) is 5.02 Å². The molecule has 0 aliphatic carbocycles. The van der Waals surface area contributed by atoms with Crippen molar-refractivity contribution in [3.05, 3.63) is 80.2 Å². The first kappa shape index (κ1) is 19.5. The van der Waals surface area contributed by atoms with Crippen LogP contribution in [-0.4, -0.2) is 6.54 Å². The number of rotatable bonds is 5. The molecule has 2 aromatic carbocycles. The van der Waals surface area contributed by atoms with E-state index < -0.39 is 17.4 Å². The van der Waals surface area contributed by atoms with Crippen molar-refractivity contribution in [3.63, 3.8) is 0 Å². The summed E-state index contributed by atoms with van der Waals surface area (Å²) in [6, 6.07) is 10.1. The van der Waals surface area contributed by atoms with E-state index in [0.717, 1.165) is 34.2 Å². The van der Waals surface area contributed by atoms with Crippen LogP contribution >= 0.6 is 11.6 Å². The van der Waals surface area contributed by atoms with E-state index in [2.05, 4.69) is 0 Å². The predicted octanol–water partition coefficient (Wildman–Crippen LogP) is 4.08. The second-order valence-corrected chi connectivity index (χ2v) is 6.82. The number of nitrogens with two attached hydrogens (primary N) is 1. The molecule has 0 bridgehead atoms. The highest BCUT2D eigenvalue weighted by atomic mass is 35.5. The molecule has 0 fully saturated rings. The Morgan fingerprint density at radius 1 is 1.11 bits per heavy atom. The number of halogens is 4. The standard InChI is InChI=1S/C20H17ClF3NO2/c1-12-8-18-16(10-17(12)21)14(9-19(26)27-18)11-25-7-6-13-2-4-15(5-3-13)20(22,23)24/h2-5,8-10,25H,6-7,11H2,1H3/p+1. The Bertz CT molecular complexity index is 1010. The molecule has 1 heterocycles. The number of benzene rings is 2. The fourth-order valence-electron chi connectivity index (χ4n) is 2.90. The first-order valence-electron chi connectivity index (χ1n) is 8.45. The molecule has 1 aromatic heterocycles. The Morgan fingerprint density at radius 3 is 2.48 bits per heavy atom. The lowest BCUT2D eigenvalue weighted by molar-refractivity contribution is -0.670. The zero-order chi connectivity index (χ0) is 19.6. The van der Waals surface area contributed by atoms with Gasteiger partial charge in [0.1, 0.15) is 12.1 Å². The predicted molar refractivity (Wildman–Crippen MR) is 97.9 cm³/mol. The molecule has 3 nitrogen and oxygen atoms in total. The minimum Gasteiger partial charge on any atom is -0.423 e. The Kier molecular flexibility index (Phi) is 5.58. The molecule has 0 saturated heterocycles. The highest BCUT2D eigenvalue weighted by molar-refractivity contribution is 6.32. The molecule has 27 heavy (non-hydrogen) atoms. The van der Waals surface area contributed by atoms with Crippen molar-refractivity contribution in [1.29, 1.82) is 0 Å². The van der Waals surface area contributed by atoms with Crippen LogP contribution in [0.25, 0.3) is 11.0 Å². The summed E-state index contributed by atoms with van der Waals surface area (Å²) in [6.45, 7) is 3.05. The molecule has 0 atom stereocenters. The lowest BCUT2D eigenvalue weighted by Gasteiger charge is -2.08. The van der Waals surface area contributed by atoms with Crippen LogP contribution in [0.4, 0.5) is 13.2 Å². The summed E-state index contributed by atoms with van der Waals surface area (Å²) in [5.74, 6) is 0. The van der Waals surface area contributed by atoms with Gasteiger partial charge >= 0.3 is 11.8 Å². The van der Waals surface area contributed by atoms with Crippen LogP contribution in [0.5, 0.6) is 0 Å². The van der Waals surface area contributed by atoms with E-state index in [0.29, 0.717) is 30.1 Å². The summed E-state index contributed by atoms with van der Waals surface area (Å²) in [6.07, 6.45) is -3.70. The van der Waals surface area contributed by atoms with Gasteiger partial charge in [-0.15, -0.1) is 0 Å². The van der Waals surface area contributed by atoms with Crippen molar-refractivity contribution < 1.29 is 22.9 Å².